The molecule has 1 aliphatic heterocycles. The highest BCUT2D eigenvalue weighted by Crippen LogP contribution is 2.20. The van der Waals surface area contributed by atoms with Gasteiger partial charge in [0.05, 0.1) is 0 Å². The zero-order valence-electron chi connectivity index (χ0n) is 13.1. The third-order valence-corrected chi connectivity index (χ3v) is 4.07. The van der Waals surface area contributed by atoms with Gasteiger partial charge in [-0.15, -0.1) is 0 Å². The maximum absolute atomic E-state index is 12.0. The van der Waals surface area contributed by atoms with Crippen molar-refractivity contribution in [2.75, 3.05) is 19.6 Å². The second kappa shape index (κ2) is 7.25. The van der Waals surface area contributed by atoms with E-state index in [1.807, 2.05) is 13.8 Å². The molecule has 1 rings (SSSR count). The molecule has 112 valence electrons. The van der Waals surface area contributed by atoms with Crippen LogP contribution in [0.25, 0.3) is 0 Å². The van der Waals surface area contributed by atoms with Crippen LogP contribution in [0.3, 0.4) is 0 Å². The lowest BCUT2D eigenvalue weighted by molar-refractivity contribution is -0.125. The Morgan fingerprint density at radius 3 is 2.26 bits per heavy atom. The minimum atomic E-state index is -0.123. The molecule has 1 saturated heterocycles. The van der Waals surface area contributed by atoms with Crippen molar-refractivity contribution >= 4 is 5.91 Å². The van der Waals surface area contributed by atoms with E-state index in [1.54, 1.807) is 0 Å². The molecule has 4 heteroatoms. The molecule has 0 aromatic carbocycles. The molecule has 0 bridgehead atoms. The average Bonchev–Trinajstić information content (AvgIpc) is 2.25. The van der Waals surface area contributed by atoms with E-state index in [2.05, 4.69) is 31.0 Å². The van der Waals surface area contributed by atoms with Gasteiger partial charge in [0.1, 0.15) is 0 Å². The van der Waals surface area contributed by atoms with E-state index in [9.17, 15) is 4.79 Å². The summed E-state index contributed by atoms with van der Waals surface area (Å²) in [6, 6.07) is 0.0911. The summed E-state index contributed by atoms with van der Waals surface area (Å²) in [5, 5.41) is 3.08. The van der Waals surface area contributed by atoms with E-state index < -0.39 is 0 Å². The van der Waals surface area contributed by atoms with Gasteiger partial charge in [0.25, 0.3) is 0 Å². The van der Waals surface area contributed by atoms with Crippen LogP contribution in [-0.4, -0.2) is 42.5 Å². The van der Waals surface area contributed by atoms with E-state index in [0.29, 0.717) is 0 Å². The van der Waals surface area contributed by atoms with Crippen molar-refractivity contribution in [3.05, 3.63) is 0 Å². The standard InChI is InChI=1S/C15H31N3O/c1-10-6-11(2)8-18(7-10)9-12(3)17-15(19)13(4)14(5)16/h10-14H,6-9,16H2,1-5H3,(H,17,19). The molecule has 1 fully saturated rings. The number of nitrogens with zero attached hydrogens (tertiary/aromatic N) is 1. The van der Waals surface area contributed by atoms with E-state index >= 15 is 0 Å². The van der Waals surface area contributed by atoms with Gasteiger partial charge >= 0.3 is 0 Å². The third kappa shape index (κ3) is 5.49. The Morgan fingerprint density at radius 1 is 1.26 bits per heavy atom. The van der Waals surface area contributed by atoms with Crippen molar-refractivity contribution in [3.63, 3.8) is 0 Å². The van der Waals surface area contributed by atoms with Gasteiger partial charge in [0.2, 0.25) is 5.91 Å². The number of nitrogens with two attached hydrogens (primary N) is 1. The summed E-state index contributed by atoms with van der Waals surface area (Å²) >= 11 is 0. The lowest BCUT2D eigenvalue weighted by atomic mass is 9.91. The molecule has 5 unspecified atom stereocenters. The highest BCUT2D eigenvalue weighted by molar-refractivity contribution is 5.79. The molecule has 0 aromatic heterocycles. The first-order valence-electron chi connectivity index (χ1n) is 7.57. The minimum absolute atomic E-state index is 0.0700. The quantitative estimate of drug-likeness (QED) is 0.794. The maximum atomic E-state index is 12.0. The highest BCUT2D eigenvalue weighted by atomic mass is 16.1. The van der Waals surface area contributed by atoms with Crippen LogP contribution in [0, 0.1) is 17.8 Å². The normalized spacial score (nSPS) is 29.6. The first-order valence-corrected chi connectivity index (χ1v) is 7.57. The minimum Gasteiger partial charge on any atom is -0.352 e. The molecule has 0 aliphatic carbocycles. The van der Waals surface area contributed by atoms with Gasteiger partial charge in [-0.2, -0.15) is 0 Å². The summed E-state index contributed by atoms with van der Waals surface area (Å²) in [6.07, 6.45) is 1.32. The van der Waals surface area contributed by atoms with Gasteiger partial charge in [0, 0.05) is 37.6 Å². The molecule has 4 nitrogen and oxygen atoms in total. The number of rotatable bonds is 5. The number of carbonyl (C=O) groups is 1. The van der Waals surface area contributed by atoms with Gasteiger partial charge in [-0.3, -0.25) is 4.79 Å². The van der Waals surface area contributed by atoms with Crippen molar-refractivity contribution in [1.82, 2.24) is 10.2 Å². The third-order valence-electron chi connectivity index (χ3n) is 4.07. The Morgan fingerprint density at radius 2 is 1.79 bits per heavy atom. The topological polar surface area (TPSA) is 58.4 Å². The molecule has 0 spiro atoms. The van der Waals surface area contributed by atoms with Crippen molar-refractivity contribution in [3.8, 4) is 0 Å². The molecule has 0 radical (unpaired) electrons. The molecule has 1 aliphatic rings. The first-order chi connectivity index (χ1) is 8.79. The van der Waals surface area contributed by atoms with Crippen LogP contribution in [0.4, 0.5) is 0 Å². The molecule has 1 amide bonds. The van der Waals surface area contributed by atoms with Gasteiger partial charge in [-0.05, 0) is 32.1 Å². The number of nitrogens with one attached hydrogen (secondary N) is 1. The van der Waals surface area contributed by atoms with E-state index in [4.69, 9.17) is 5.73 Å². The van der Waals surface area contributed by atoms with Crippen LogP contribution in [0.15, 0.2) is 0 Å². The van der Waals surface area contributed by atoms with Crippen molar-refractivity contribution in [2.24, 2.45) is 23.5 Å². The monoisotopic (exact) mass is 269 g/mol. The Kier molecular flexibility index (Phi) is 6.27. The van der Waals surface area contributed by atoms with Gasteiger partial charge in [-0.25, -0.2) is 0 Å². The number of piperidine rings is 1. The molecular weight excluding hydrogens is 238 g/mol. The first kappa shape index (κ1) is 16.4. The molecule has 0 aromatic rings. The average molecular weight is 269 g/mol. The number of hydrogen-bond donors (Lipinski definition) is 2. The van der Waals surface area contributed by atoms with Crippen molar-refractivity contribution in [1.29, 1.82) is 0 Å². The fourth-order valence-electron chi connectivity index (χ4n) is 2.99. The zero-order valence-corrected chi connectivity index (χ0v) is 13.1. The van der Waals surface area contributed by atoms with Crippen molar-refractivity contribution < 1.29 is 4.79 Å². The number of likely N-dealkylation sites (tertiary alicyclic amines) is 1. The van der Waals surface area contributed by atoms with Crippen molar-refractivity contribution in [2.45, 2.75) is 53.1 Å². The van der Waals surface area contributed by atoms with Crippen LogP contribution in [0.2, 0.25) is 0 Å². The summed E-state index contributed by atoms with van der Waals surface area (Å²) < 4.78 is 0. The molecule has 19 heavy (non-hydrogen) atoms. The zero-order chi connectivity index (χ0) is 14.6. The van der Waals surface area contributed by atoms with Crippen LogP contribution in [0.5, 0.6) is 0 Å². The second-order valence-electron chi connectivity index (χ2n) is 6.72. The largest absolute Gasteiger partial charge is 0.352 e. The summed E-state index contributed by atoms with van der Waals surface area (Å²) in [7, 11) is 0. The smallest absolute Gasteiger partial charge is 0.224 e. The Balaban J connectivity index is 2.38. The van der Waals surface area contributed by atoms with Crippen LogP contribution >= 0.6 is 0 Å². The fourth-order valence-corrected chi connectivity index (χ4v) is 2.99. The van der Waals surface area contributed by atoms with Gasteiger partial charge in [0.15, 0.2) is 0 Å². The summed E-state index contributed by atoms with van der Waals surface area (Å²) in [5.41, 5.74) is 5.76. The molecule has 5 atom stereocenters. The molecule has 3 N–H and O–H groups in total. The molecule has 0 saturated carbocycles. The van der Waals surface area contributed by atoms with Gasteiger partial charge < -0.3 is 16.0 Å². The van der Waals surface area contributed by atoms with Crippen LogP contribution in [-0.2, 0) is 4.79 Å². The predicted molar refractivity (Wildman–Crippen MR) is 79.8 cm³/mol. The summed E-state index contributed by atoms with van der Waals surface area (Å²) in [6.45, 7) is 13.7. The van der Waals surface area contributed by atoms with Crippen LogP contribution in [0.1, 0.15) is 41.0 Å². The summed E-state index contributed by atoms with van der Waals surface area (Å²) in [4.78, 5) is 14.4. The van der Waals surface area contributed by atoms with Gasteiger partial charge in [-0.1, -0.05) is 20.8 Å². The number of hydrogen-bond acceptors (Lipinski definition) is 3. The molecule has 1 heterocycles. The fraction of sp³-hybridized carbons (Fsp3) is 0.933. The summed E-state index contributed by atoms with van der Waals surface area (Å²) in [5.74, 6) is 1.46. The SMILES string of the molecule is CC1CC(C)CN(CC(C)NC(=O)C(C)C(C)N)C1. The van der Waals surface area contributed by atoms with Crippen LogP contribution < -0.4 is 11.1 Å². The lowest BCUT2D eigenvalue weighted by Crippen LogP contribution is -2.49. The Labute approximate surface area is 118 Å². The maximum Gasteiger partial charge on any atom is 0.224 e. The number of carbonyl (C=O) groups excluding carboxylic acids is 1. The Bertz CT molecular complexity index is 283. The molecular formula is C15H31N3O. The Hall–Kier alpha value is -0.610. The number of amides is 1. The second-order valence-corrected chi connectivity index (χ2v) is 6.72. The van der Waals surface area contributed by atoms with E-state index in [0.717, 1.165) is 31.5 Å². The lowest BCUT2D eigenvalue weighted by Gasteiger charge is -2.36. The van der Waals surface area contributed by atoms with E-state index in [-0.39, 0.29) is 23.9 Å². The van der Waals surface area contributed by atoms with E-state index in [1.165, 1.54) is 6.42 Å². The highest BCUT2D eigenvalue weighted by Gasteiger charge is 2.24. The predicted octanol–water partition coefficient (Wildman–Crippen LogP) is 1.45.